The summed E-state index contributed by atoms with van der Waals surface area (Å²) < 4.78 is 10.2. The van der Waals surface area contributed by atoms with Crippen LogP contribution in [0.5, 0.6) is 0 Å². The molecule has 0 N–H and O–H groups in total. The average molecular weight is 326 g/mol. The van der Waals surface area contributed by atoms with E-state index in [-0.39, 0.29) is 12.1 Å². The molecule has 0 saturated carbocycles. The van der Waals surface area contributed by atoms with Crippen LogP contribution >= 0.6 is 0 Å². The summed E-state index contributed by atoms with van der Waals surface area (Å²) in [6, 6.07) is 0. The molecule has 0 aromatic rings. The highest BCUT2D eigenvalue weighted by atomic mass is 16.5. The summed E-state index contributed by atoms with van der Waals surface area (Å²) in [5.41, 5.74) is 0. The molecule has 0 bridgehead atoms. The van der Waals surface area contributed by atoms with Crippen molar-refractivity contribution in [3.05, 3.63) is 19.3 Å². The maximum absolute atomic E-state index is 11.2. The van der Waals surface area contributed by atoms with Gasteiger partial charge >= 0.3 is 5.97 Å². The number of carbonyl (C=O) groups is 1. The lowest BCUT2D eigenvalue weighted by atomic mass is 10.1. The summed E-state index contributed by atoms with van der Waals surface area (Å²) in [7, 11) is 3.37. The lowest BCUT2D eigenvalue weighted by Crippen LogP contribution is -2.15. The van der Waals surface area contributed by atoms with Gasteiger partial charge in [0.25, 0.3) is 0 Å². The summed E-state index contributed by atoms with van der Waals surface area (Å²) in [4.78, 5) is 11.2. The molecule has 3 nitrogen and oxygen atoms in total. The van der Waals surface area contributed by atoms with Crippen LogP contribution in [0.4, 0.5) is 0 Å². The molecule has 0 aliphatic rings. The number of carbonyl (C=O) groups excluding carboxylic acids is 1. The second kappa shape index (κ2) is 17.5. The van der Waals surface area contributed by atoms with E-state index in [0.29, 0.717) is 0 Å². The van der Waals surface area contributed by atoms with Crippen molar-refractivity contribution < 1.29 is 14.3 Å². The van der Waals surface area contributed by atoms with Crippen LogP contribution in [0.1, 0.15) is 90.9 Å². The number of hydrogen-bond acceptors (Lipinski definition) is 3. The number of unbranched alkanes of at least 4 members (excludes halogenated alkanes) is 8. The van der Waals surface area contributed by atoms with Crippen LogP contribution in [0, 0.1) is 7.11 Å². The first-order chi connectivity index (χ1) is 11.2. The molecule has 135 valence electrons. The Morgan fingerprint density at radius 2 is 1.70 bits per heavy atom. The minimum Gasteiger partial charge on any atom is -0.462 e. The molecule has 0 unspecified atom stereocenters. The molecular formula is C20H37O3. The van der Waals surface area contributed by atoms with Crippen LogP contribution in [-0.4, -0.2) is 18.7 Å². The standard InChI is InChI=1S/C20H37O3/c1-4-5-6-13-16-20(23-19(2)21)17-14-11-9-7-8-10-12-15-18-22-3/h11,14,20H,3-10,12-13,15-18H2,1-2H3/b14-11-/t20-/m1/s1. The zero-order chi connectivity index (χ0) is 17.2. The maximum atomic E-state index is 11.2. The first-order valence-corrected chi connectivity index (χ1v) is 9.39. The number of esters is 1. The van der Waals surface area contributed by atoms with Crippen LogP contribution in [-0.2, 0) is 14.3 Å². The second-order valence-corrected chi connectivity index (χ2v) is 6.25. The molecule has 0 amide bonds. The van der Waals surface area contributed by atoms with Crippen molar-refractivity contribution in [2.45, 2.75) is 97.0 Å². The molecule has 0 saturated heterocycles. The van der Waals surface area contributed by atoms with Gasteiger partial charge in [0.2, 0.25) is 0 Å². The van der Waals surface area contributed by atoms with Gasteiger partial charge < -0.3 is 9.47 Å². The normalized spacial score (nSPS) is 12.7. The van der Waals surface area contributed by atoms with E-state index in [1.165, 1.54) is 51.9 Å². The highest BCUT2D eigenvalue weighted by Crippen LogP contribution is 2.13. The number of rotatable bonds is 16. The Labute approximate surface area is 143 Å². The lowest BCUT2D eigenvalue weighted by molar-refractivity contribution is -0.146. The first kappa shape index (κ1) is 22.2. The summed E-state index contributed by atoms with van der Waals surface area (Å²) in [5.74, 6) is -0.162. The zero-order valence-electron chi connectivity index (χ0n) is 15.4. The molecule has 0 aromatic carbocycles. The van der Waals surface area contributed by atoms with Gasteiger partial charge in [-0.1, -0.05) is 57.6 Å². The van der Waals surface area contributed by atoms with E-state index in [1.807, 2.05) is 0 Å². The van der Waals surface area contributed by atoms with Crippen LogP contribution in [0.25, 0.3) is 0 Å². The van der Waals surface area contributed by atoms with Crippen molar-refractivity contribution in [1.29, 1.82) is 0 Å². The van der Waals surface area contributed by atoms with Crippen molar-refractivity contribution in [2.75, 3.05) is 6.61 Å². The van der Waals surface area contributed by atoms with E-state index in [4.69, 9.17) is 9.47 Å². The third-order valence-corrected chi connectivity index (χ3v) is 3.94. The SMILES string of the molecule is [CH2]OCCCCCCC/C=C\C[C@@H](CCCCCC)OC(C)=O. The van der Waals surface area contributed by atoms with Crippen molar-refractivity contribution >= 4 is 5.97 Å². The Bertz CT molecular complexity index is 287. The van der Waals surface area contributed by atoms with E-state index < -0.39 is 0 Å². The van der Waals surface area contributed by atoms with Gasteiger partial charge in [0, 0.05) is 20.0 Å². The van der Waals surface area contributed by atoms with Gasteiger partial charge in [0.05, 0.1) is 7.11 Å². The molecule has 0 heterocycles. The van der Waals surface area contributed by atoms with Crippen LogP contribution in [0.15, 0.2) is 12.2 Å². The molecule has 0 spiro atoms. The van der Waals surface area contributed by atoms with Crippen molar-refractivity contribution in [2.24, 2.45) is 0 Å². The summed E-state index contributed by atoms with van der Waals surface area (Å²) in [6.07, 6.45) is 18.4. The monoisotopic (exact) mass is 325 g/mol. The molecule has 0 fully saturated rings. The summed E-state index contributed by atoms with van der Waals surface area (Å²) >= 11 is 0. The van der Waals surface area contributed by atoms with E-state index in [9.17, 15) is 4.79 Å². The van der Waals surface area contributed by atoms with Crippen molar-refractivity contribution in [3.63, 3.8) is 0 Å². The van der Waals surface area contributed by atoms with Gasteiger partial charge in [-0.25, -0.2) is 0 Å². The molecule has 3 heteroatoms. The minimum absolute atomic E-state index is 0.0586. The van der Waals surface area contributed by atoms with Gasteiger partial charge in [0.1, 0.15) is 6.10 Å². The van der Waals surface area contributed by atoms with Crippen LogP contribution < -0.4 is 0 Å². The molecule has 0 aliphatic carbocycles. The van der Waals surface area contributed by atoms with E-state index in [0.717, 1.165) is 38.7 Å². The predicted octanol–water partition coefficient (Wildman–Crippen LogP) is 5.98. The van der Waals surface area contributed by atoms with Gasteiger partial charge in [-0.2, -0.15) is 0 Å². The fourth-order valence-electron chi connectivity index (χ4n) is 2.62. The Balaban J connectivity index is 3.67. The topological polar surface area (TPSA) is 35.5 Å². The quantitative estimate of drug-likeness (QED) is 0.199. The van der Waals surface area contributed by atoms with E-state index in [2.05, 4.69) is 26.2 Å². The first-order valence-electron chi connectivity index (χ1n) is 9.39. The van der Waals surface area contributed by atoms with Crippen LogP contribution in [0.2, 0.25) is 0 Å². The van der Waals surface area contributed by atoms with E-state index >= 15 is 0 Å². The predicted molar refractivity (Wildman–Crippen MR) is 97.1 cm³/mol. The third kappa shape index (κ3) is 17.4. The highest BCUT2D eigenvalue weighted by molar-refractivity contribution is 5.66. The third-order valence-electron chi connectivity index (χ3n) is 3.94. The molecule has 1 radical (unpaired) electrons. The lowest BCUT2D eigenvalue weighted by Gasteiger charge is -2.15. The minimum atomic E-state index is -0.162. The van der Waals surface area contributed by atoms with Gasteiger partial charge in [-0.15, -0.1) is 0 Å². The number of ether oxygens (including phenoxy) is 2. The van der Waals surface area contributed by atoms with Crippen molar-refractivity contribution in [1.82, 2.24) is 0 Å². The highest BCUT2D eigenvalue weighted by Gasteiger charge is 2.09. The number of hydrogen-bond donors (Lipinski definition) is 0. The van der Waals surface area contributed by atoms with Crippen LogP contribution in [0.3, 0.4) is 0 Å². The van der Waals surface area contributed by atoms with Gasteiger partial charge in [-0.05, 0) is 32.1 Å². The largest absolute Gasteiger partial charge is 0.462 e. The molecule has 0 rings (SSSR count). The molecule has 0 aliphatic heterocycles. The Kier molecular flexibility index (Phi) is 16.9. The Hall–Kier alpha value is -0.830. The summed E-state index contributed by atoms with van der Waals surface area (Å²) in [6.45, 7) is 4.49. The second-order valence-electron chi connectivity index (χ2n) is 6.25. The number of allylic oxidation sites excluding steroid dienone is 1. The zero-order valence-corrected chi connectivity index (χ0v) is 15.4. The Morgan fingerprint density at radius 1 is 1.00 bits per heavy atom. The average Bonchev–Trinajstić information content (AvgIpc) is 2.52. The summed E-state index contributed by atoms with van der Waals surface area (Å²) in [5, 5.41) is 0. The fourth-order valence-corrected chi connectivity index (χ4v) is 2.62. The van der Waals surface area contributed by atoms with Gasteiger partial charge in [-0.3, -0.25) is 4.79 Å². The molecule has 1 atom stereocenters. The van der Waals surface area contributed by atoms with E-state index in [1.54, 1.807) is 0 Å². The molecular weight excluding hydrogens is 288 g/mol. The maximum Gasteiger partial charge on any atom is 0.302 e. The molecule has 0 aromatic heterocycles. The molecule has 23 heavy (non-hydrogen) atoms. The Morgan fingerprint density at radius 3 is 2.39 bits per heavy atom. The van der Waals surface area contributed by atoms with Crippen molar-refractivity contribution in [3.8, 4) is 0 Å². The smallest absolute Gasteiger partial charge is 0.302 e. The fraction of sp³-hybridized carbons (Fsp3) is 0.800. The van der Waals surface area contributed by atoms with Gasteiger partial charge in [0.15, 0.2) is 0 Å².